The number of aromatic nitrogens is 1. The first-order chi connectivity index (χ1) is 7.81. The molecule has 4 nitrogen and oxygen atoms in total. The molecule has 3 aliphatic heterocycles. The van der Waals surface area contributed by atoms with Crippen molar-refractivity contribution < 1.29 is 4.52 Å². The highest BCUT2D eigenvalue weighted by Crippen LogP contribution is 2.27. The fraction of sp³-hybridized carbons (Fsp3) is 0.750. The molecule has 3 aliphatic rings. The van der Waals surface area contributed by atoms with Gasteiger partial charge in [0.25, 0.3) is 0 Å². The topological polar surface area (TPSA) is 41.3 Å². The predicted octanol–water partition coefficient (Wildman–Crippen LogP) is 1.17. The van der Waals surface area contributed by atoms with Crippen molar-refractivity contribution in [3.8, 4) is 0 Å². The minimum Gasteiger partial charge on any atom is -0.361 e. The van der Waals surface area contributed by atoms with E-state index in [9.17, 15) is 0 Å². The smallest absolute Gasteiger partial charge is 0.133 e. The predicted molar refractivity (Wildman–Crippen MR) is 61.0 cm³/mol. The summed E-state index contributed by atoms with van der Waals surface area (Å²) in [5.41, 5.74) is 1.02. The van der Waals surface area contributed by atoms with Gasteiger partial charge in [0.15, 0.2) is 0 Å². The molecule has 88 valence electrons. The molecule has 3 saturated heterocycles. The number of hydrogen-bond donors (Lipinski definition) is 1. The van der Waals surface area contributed by atoms with E-state index in [0.29, 0.717) is 6.04 Å². The summed E-state index contributed by atoms with van der Waals surface area (Å²) < 4.78 is 5.07. The summed E-state index contributed by atoms with van der Waals surface area (Å²) in [6, 6.07) is 2.66. The summed E-state index contributed by atoms with van der Waals surface area (Å²) in [6.07, 6.45) is 2.71. The molecule has 0 spiro atoms. The number of hydrogen-bond acceptors (Lipinski definition) is 4. The van der Waals surface area contributed by atoms with Crippen molar-refractivity contribution in [2.75, 3.05) is 19.6 Å². The molecule has 0 radical (unpaired) electrons. The minimum absolute atomic E-state index is 0.652. The molecule has 16 heavy (non-hydrogen) atoms. The van der Waals surface area contributed by atoms with E-state index in [0.717, 1.165) is 23.9 Å². The summed E-state index contributed by atoms with van der Waals surface area (Å²) in [6.45, 7) is 6.58. The van der Waals surface area contributed by atoms with Crippen molar-refractivity contribution in [3.63, 3.8) is 0 Å². The van der Waals surface area contributed by atoms with Gasteiger partial charge in [-0.05, 0) is 38.8 Å². The zero-order chi connectivity index (χ0) is 11.0. The lowest BCUT2D eigenvalue weighted by molar-refractivity contribution is 0.0717. The molecule has 1 atom stereocenters. The minimum atomic E-state index is 0.652. The van der Waals surface area contributed by atoms with Gasteiger partial charge in [0.1, 0.15) is 5.76 Å². The summed E-state index contributed by atoms with van der Waals surface area (Å²) in [7, 11) is 0. The van der Waals surface area contributed by atoms with E-state index >= 15 is 0 Å². The van der Waals surface area contributed by atoms with Crippen LogP contribution in [0.1, 0.15) is 24.3 Å². The fourth-order valence-electron chi connectivity index (χ4n) is 2.93. The summed E-state index contributed by atoms with van der Waals surface area (Å²) in [4.78, 5) is 2.56. The van der Waals surface area contributed by atoms with Crippen LogP contribution in [0, 0.1) is 12.8 Å². The van der Waals surface area contributed by atoms with Crippen LogP contribution >= 0.6 is 0 Å². The third-order valence-corrected chi connectivity index (χ3v) is 3.88. The maximum Gasteiger partial charge on any atom is 0.133 e. The summed E-state index contributed by atoms with van der Waals surface area (Å²) in [5, 5.41) is 7.63. The van der Waals surface area contributed by atoms with Gasteiger partial charge in [0.2, 0.25) is 0 Å². The molecule has 0 saturated carbocycles. The Labute approximate surface area is 96.0 Å². The molecule has 1 unspecified atom stereocenters. The van der Waals surface area contributed by atoms with Crippen LogP contribution in [0.3, 0.4) is 0 Å². The van der Waals surface area contributed by atoms with Crippen molar-refractivity contribution in [2.45, 2.75) is 32.4 Å². The van der Waals surface area contributed by atoms with E-state index in [1.54, 1.807) is 0 Å². The van der Waals surface area contributed by atoms with Gasteiger partial charge in [-0.2, -0.15) is 0 Å². The highest BCUT2D eigenvalue weighted by Gasteiger charge is 2.33. The molecule has 0 aromatic carbocycles. The second kappa shape index (κ2) is 4.18. The highest BCUT2D eigenvalue weighted by molar-refractivity contribution is 5.03. The van der Waals surface area contributed by atoms with Crippen LogP contribution in [-0.2, 0) is 6.54 Å². The van der Waals surface area contributed by atoms with Crippen LogP contribution in [0.4, 0.5) is 0 Å². The maximum absolute atomic E-state index is 5.07. The van der Waals surface area contributed by atoms with Gasteiger partial charge in [-0.15, -0.1) is 0 Å². The molecule has 4 rings (SSSR count). The Bertz CT molecular complexity index is 355. The molecule has 2 bridgehead atoms. The van der Waals surface area contributed by atoms with E-state index in [1.165, 1.54) is 32.5 Å². The lowest BCUT2D eigenvalue weighted by Crippen LogP contribution is -2.55. The second-order valence-electron chi connectivity index (χ2n) is 5.05. The van der Waals surface area contributed by atoms with E-state index in [-0.39, 0.29) is 0 Å². The van der Waals surface area contributed by atoms with Crippen molar-refractivity contribution in [1.29, 1.82) is 0 Å². The average Bonchev–Trinajstić information content (AvgIpc) is 2.74. The van der Waals surface area contributed by atoms with Gasteiger partial charge in [-0.3, -0.25) is 0 Å². The van der Waals surface area contributed by atoms with Crippen LogP contribution in [0.15, 0.2) is 10.6 Å². The number of fused-ring (bicyclic) bond motifs is 3. The molecular weight excluding hydrogens is 202 g/mol. The maximum atomic E-state index is 5.07. The van der Waals surface area contributed by atoms with Crippen LogP contribution in [0.2, 0.25) is 0 Å². The van der Waals surface area contributed by atoms with Crippen molar-refractivity contribution in [2.24, 2.45) is 5.92 Å². The molecule has 1 N–H and O–H groups in total. The van der Waals surface area contributed by atoms with Crippen molar-refractivity contribution in [3.05, 3.63) is 17.5 Å². The number of nitrogens with one attached hydrogen (secondary N) is 1. The molecule has 1 aromatic rings. The third kappa shape index (κ3) is 1.99. The van der Waals surface area contributed by atoms with Crippen LogP contribution in [0.25, 0.3) is 0 Å². The quantitative estimate of drug-likeness (QED) is 0.832. The fourth-order valence-corrected chi connectivity index (χ4v) is 2.93. The largest absolute Gasteiger partial charge is 0.361 e. The van der Waals surface area contributed by atoms with Crippen LogP contribution < -0.4 is 5.32 Å². The Morgan fingerprint density at radius 1 is 1.50 bits per heavy atom. The third-order valence-electron chi connectivity index (χ3n) is 3.88. The number of rotatable bonds is 3. The van der Waals surface area contributed by atoms with Gasteiger partial charge in [-0.25, -0.2) is 0 Å². The Balaban J connectivity index is 1.55. The van der Waals surface area contributed by atoms with Crippen molar-refractivity contribution >= 4 is 0 Å². The Morgan fingerprint density at radius 3 is 2.88 bits per heavy atom. The molecular formula is C12H19N3O. The zero-order valence-corrected chi connectivity index (χ0v) is 9.78. The first-order valence-electron chi connectivity index (χ1n) is 6.19. The Hall–Kier alpha value is -0.870. The van der Waals surface area contributed by atoms with Crippen LogP contribution in [0.5, 0.6) is 0 Å². The second-order valence-corrected chi connectivity index (χ2v) is 5.05. The molecule has 0 amide bonds. The monoisotopic (exact) mass is 221 g/mol. The highest BCUT2D eigenvalue weighted by atomic mass is 16.5. The van der Waals surface area contributed by atoms with Gasteiger partial charge in [0, 0.05) is 25.2 Å². The average molecular weight is 221 g/mol. The van der Waals surface area contributed by atoms with Gasteiger partial charge >= 0.3 is 0 Å². The van der Waals surface area contributed by atoms with Gasteiger partial charge < -0.3 is 14.7 Å². The summed E-state index contributed by atoms with van der Waals surface area (Å²) >= 11 is 0. The van der Waals surface area contributed by atoms with E-state index in [4.69, 9.17) is 4.52 Å². The SMILES string of the molecule is Cc1cc(CNC2CN3CCC2CC3)no1. The molecule has 1 aromatic heterocycles. The number of nitrogens with zero attached hydrogens (tertiary/aromatic N) is 2. The molecule has 0 aliphatic carbocycles. The number of piperidine rings is 3. The Morgan fingerprint density at radius 2 is 2.31 bits per heavy atom. The van der Waals surface area contributed by atoms with Crippen molar-refractivity contribution in [1.82, 2.24) is 15.4 Å². The lowest BCUT2D eigenvalue weighted by Gasteiger charge is -2.45. The zero-order valence-electron chi connectivity index (χ0n) is 9.78. The van der Waals surface area contributed by atoms with E-state index in [2.05, 4.69) is 15.4 Å². The van der Waals surface area contributed by atoms with Gasteiger partial charge in [-0.1, -0.05) is 5.16 Å². The lowest BCUT2D eigenvalue weighted by atomic mass is 9.84. The Kier molecular flexibility index (Phi) is 2.69. The summed E-state index contributed by atoms with van der Waals surface area (Å²) in [5.74, 6) is 1.77. The molecule has 3 fully saturated rings. The normalized spacial score (nSPS) is 33.2. The molecule has 4 heterocycles. The first-order valence-corrected chi connectivity index (χ1v) is 6.19. The van der Waals surface area contributed by atoms with Gasteiger partial charge in [0.05, 0.1) is 5.69 Å². The standard InChI is InChI=1S/C12H19N3O/c1-9-6-11(14-16-9)7-13-12-8-15-4-2-10(12)3-5-15/h6,10,12-13H,2-5,7-8H2,1H3. The molecule has 4 heteroatoms. The van der Waals surface area contributed by atoms with E-state index < -0.39 is 0 Å². The van der Waals surface area contributed by atoms with E-state index in [1.807, 2.05) is 13.0 Å². The van der Waals surface area contributed by atoms with Crippen LogP contribution in [-0.4, -0.2) is 35.7 Å². The number of aryl methyl sites for hydroxylation is 1. The first kappa shape index (κ1) is 10.3.